The van der Waals surface area contributed by atoms with Crippen LogP contribution in [0.2, 0.25) is 0 Å². The lowest BCUT2D eigenvalue weighted by Gasteiger charge is -2.37. The summed E-state index contributed by atoms with van der Waals surface area (Å²) in [7, 11) is 0. The summed E-state index contributed by atoms with van der Waals surface area (Å²) in [4.78, 5) is 25.7. The smallest absolute Gasteiger partial charge is 0.221 e. The monoisotopic (exact) mass is 411 g/mol. The van der Waals surface area contributed by atoms with E-state index in [9.17, 15) is 4.79 Å². The van der Waals surface area contributed by atoms with Crippen LogP contribution in [0.5, 0.6) is 0 Å². The van der Waals surface area contributed by atoms with E-state index in [0.29, 0.717) is 32.3 Å². The average molecular weight is 412 g/mol. The Labute approximate surface area is 177 Å². The molecule has 0 saturated carbocycles. The highest BCUT2D eigenvalue weighted by Crippen LogP contribution is 2.29. The molecule has 30 heavy (non-hydrogen) atoms. The second kappa shape index (κ2) is 8.97. The van der Waals surface area contributed by atoms with Crippen molar-refractivity contribution < 1.29 is 14.3 Å². The SMILES string of the molecule is CC(=O)Nc1ccc(-c2nc(N3CCOCC3C)cc(N3CCOCC3C)n2)cc1. The number of morpholine rings is 2. The van der Waals surface area contributed by atoms with Gasteiger partial charge in [0.1, 0.15) is 11.6 Å². The number of hydrogen-bond donors (Lipinski definition) is 1. The number of nitrogens with zero attached hydrogens (tertiary/aromatic N) is 4. The molecule has 2 atom stereocenters. The molecule has 1 N–H and O–H groups in total. The zero-order valence-electron chi connectivity index (χ0n) is 17.8. The van der Waals surface area contributed by atoms with Crippen molar-refractivity contribution in [1.29, 1.82) is 0 Å². The summed E-state index contributed by atoms with van der Waals surface area (Å²) in [6.45, 7) is 10.2. The normalized spacial score (nSPS) is 22.1. The first-order chi connectivity index (χ1) is 14.5. The van der Waals surface area contributed by atoms with Crippen LogP contribution in [0.25, 0.3) is 11.4 Å². The minimum Gasteiger partial charge on any atom is -0.377 e. The molecule has 2 unspecified atom stereocenters. The van der Waals surface area contributed by atoms with Crippen LogP contribution >= 0.6 is 0 Å². The van der Waals surface area contributed by atoms with E-state index in [1.165, 1.54) is 6.92 Å². The van der Waals surface area contributed by atoms with E-state index in [1.54, 1.807) is 0 Å². The van der Waals surface area contributed by atoms with Crippen molar-refractivity contribution in [1.82, 2.24) is 9.97 Å². The number of hydrogen-bond acceptors (Lipinski definition) is 7. The molecule has 2 saturated heterocycles. The molecule has 1 amide bonds. The number of aromatic nitrogens is 2. The van der Waals surface area contributed by atoms with Crippen LogP contribution in [-0.2, 0) is 14.3 Å². The van der Waals surface area contributed by atoms with Gasteiger partial charge in [-0.25, -0.2) is 9.97 Å². The van der Waals surface area contributed by atoms with Gasteiger partial charge < -0.3 is 24.6 Å². The van der Waals surface area contributed by atoms with Gasteiger partial charge in [0.05, 0.1) is 38.5 Å². The van der Waals surface area contributed by atoms with Gasteiger partial charge in [0, 0.05) is 37.3 Å². The van der Waals surface area contributed by atoms with Crippen molar-refractivity contribution in [2.24, 2.45) is 0 Å². The zero-order valence-corrected chi connectivity index (χ0v) is 17.8. The number of carbonyl (C=O) groups excluding carboxylic acids is 1. The maximum absolute atomic E-state index is 11.3. The largest absolute Gasteiger partial charge is 0.377 e. The molecule has 2 aliphatic rings. The molecule has 1 aromatic heterocycles. The molecule has 0 radical (unpaired) electrons. The van der Waals surface area contributed by atoms with Crippen molar-refractivity contribution in [3.8, 4) is 11.4 Å². The van der Waals surface area contributed by atoms with Gasteiger partial charge in [-0.15, -0.1) is 0 Å². The van der Waals surface area contributed by atoms with Crippen molar-refractivity contribution >= 4 is 23.2 Å². The number of rotatable bonds is 4. The van der Waals surface area contributed by atoms with E-state index < -0.39 is 0 Å². The van der Waals surface area contributed by atoms with Crippen LogP contribution in [0.3, 0.4) is 0 Å². The van der Waals surface area contributed by atoms with Gasteiger partial charge >= 0.3 is 0 Å². The first kappa shape index (κ1) is 20.6. The molecule has 2 fully saturated rings. The highest BCUT2D eigenvalue weighted by atomic mass is 16.5. The number of benzene rings is 1. The summed E-state index contributed by atoms with van der Waals surface area (Å²) in [6.07, 6.45) is 0. The summed E-state index contributed by atoms with van der Waals surface area (Å²) in [5, 5.41) is 2.80. The van der Waals surface area contributed by atoms with Crippen LogP contribution in [0.15, 0.2) is 30.3 Å². The number of amides is 1. The third-order valence-electron chi connectivity index (χ3n) is 5.49. The van der Waals surface area contributed by atoms with E-state index in [1.807, 2.05) is 24.3 Å². The van der Waals surface area contributed by atoms with Gasteiger partial charge in [-0.3, -0.25) is 4.79 Å². The van der Waals surface area contributed by atoms with Gasteiger partial charge in [0.25, 0.3) is 0 Å². The van der Waals surface area contributed by atoms with E-state index >= 15 is 0 Å². The number of ether oxygens (including phenoxy) is 2. The van der Waals surface area contributed by atoms with Crippen molar-refractivity contribution in [2.75, 3.05) is 54.6 Å². The molecular formula is C22H29N5O3. The summed E-state index contributed by atoms with van der Waals surface area (Å²) in [5.41, 5.74) is 1.67. The second-order valence-corrected chi connectivity index (χ2v) is 7.90. The topological polar surface area (TPSA) is 79.8 Å². The van der Waals surface area contributed by atoms with Gasteiger partial charge in [-0.2, -0.15) is 0 Å². The zero-order chi connectivity index (χ0) is 21.1. The molecule has 160 valence electrons. The molecule has 2 aromatic rings. The van der Waals surface area contributed by atoms with Gasteiger partial charge in [0.15, 0.2) is 5.82 Å². The fraction of sp³-hybridized carbons (Fsp3) is 0.500. The molecule has 4 rings (SSSR count). The van der Waals surface area contributed by atoms with Crippen LogP contribution in [-0.4, -0.2) is 67.5 Å². The van der Waals surface area contributed by atoms with Crippen LogP contribution in [0.1, 0.15) is 20.8 Å². The Morgan fingerprint density at radius 2 is 1.50 bits per heavy atom. The van der Waals surface area contributed by atoms with Crippen LogP contribution < -0.4 is 15.1 Å². The summed E-state index contributed by atoms with van der Waals surface area (Å²) < 4.78 is 11.2. The lowest BCUT2D eigenvalue weighted by Crippen LogP contribution is -2.45. The maximum atomic E-state index is 11.3. The van der Waals surface area contributed by atoms with Crippen molar-refractivity contribution in [3.05, 3.63) is 30.3 Å². The van der Waals surface area contributed by atoms with Crippen molar-refractivity contribution in [3.63, 3.8) is 0 Å². The quantitative estimate of drug-likeness (QED) is 0.828. The lowest BCUT2D eigenvalue weighted by atomic mass is 10.1. The molecule has 0 bridgehead atoms. The summed E-state index contributed by atoms with van der Waals surface area (Å²) in [5.74, 6) is 2.41. The molecule has 0 aliphatic carbocycles. The third kappa shape index (κ3) is 4.55. The summed E-state index contributed by atoms with van der Waals surface area (Å²) >= 11 is 0. The minimum absolute atomic E-state index is 0.0918. The molecule has 3 heterocycles. The predicted octanol–water partition coefficient (Wildman–Crippen LogP) is 2.55. The van der Waals surface area contributed by atoms with E-state index in [-0.39, 0.29) is 18.0 Å². The van der Waals surface area contributed by atoms with Gasteiger partial charge in [-0.1, -0.05) is 0 Å². The molecule has 1 aromatic carbocycles. The fourth-order valence-electron chi connectivity index (χ4n) is 3.89. The van der Waals surface area contributed by atoms with Crippen LogP contribution in [0, 0.1) is 0 Å². The fourth-order valence-corrected chi connectivity index (χ4v) is 3.89. The lowest BCUT2D eigenvalue weighted by molar-refractivity contribution is -0.114. The highest BCUT2D eigenvalue weighted by molar-refractivity contribution is 5.88. The van der Waals surface area contributed by atoms with E-state index in [0.717, 1.165) is 36.0 Å². The van der Waals surface area contributed by atoms with Gasteiger partial charge in [0.2, 0.25) is 5.91 Å². The first-order valence-electron chi connectivity index (χ1n) is 10.5. The molecule has 8 nitrogen and oxygen atoms in total. The number of carbonyl (C=O) groups is 1. The minimum atomic E-state index is -0.0918. The van der Waals surface area contributed by atoms with Crippen LogP contribution in [0.4, 0.5) is 17.3 Å². The average Bonchev–Trinajstić information content (AvgIpc) is 2.74. The molecule has 0 spiro atoms. The second-order valence-electron chi connectivity index (χ2n) is 7.90. The summed E-state index contributed by atoms with van der Waals surface area (Å²) in [6, 6.07) is 10.2. The molecule has 8 heteroatoms. The Kier molecular flexibility index (Phi) is 6.15. The number of nitrogens with one attached hydrogen (secondary N) is 1. The Morgan fingerprint density at radius 1 is 0.967 bits per heavy atom. The highest BCUT2D eigenvalue weighted by Gasteiger charge is 2.25. The first-order valence-corrected chi connectivity index (χ1v) is 10.5. The van der Waals surface area contributed by atoms with Gasteiger partial charge in [-0.05, 0) is 38.1 Å². The standard InChI is InChI=1S/C22H29N5O3/c1-15-13-29-10-8-26(15)20-12-21(27-9-11-30-14-16(27)2)25-22(24-20)18-4-6-19(7-5-18)23-17(3)28/h4-7,12,15-16H,8-11,13-14H2,1-3H3,(H,23,28). The van der Waals surface area contributed by atoms with E-state index in [4.69, 9.17) is 19.4 Å². The molecular weight excluding hydrogens is 382 g/mol. The maximum Gasteiger partial charge on any atom is 0.221 e. The number of anilines is 3. The Morgan fingerprint density at radius 3 is 1.97 bits per heavy atom. The Hall–Kier alpha value is -2.71. The molecule has 2 aliphatic heterocycles. The Bertz CT molecular complexity index is 849. The van der Waals surface area contributed by atoms with Crippen molar-refractivity contribution in [2.45, 2.75) is 32.9 Å². The van der Waals surface area contributed by atoms with E-state index in [2.05, 4.69) is 35.0 Å². The Balaban J connectivity index is 1.72. The third-order valence-corrected chi connectivity index (χ3v) is 5.49. The predicted molar refractivity (Wildman–Crippen MR) is 117 cm³/mol.